The van der Waals surface area contributed by atoms with Crippen molar-refractivity contribution in [1.29, 1.82) is 0 Å². The number of nitrogen functional groups attached to an aromatic ring is 1. The molecular weight excluding hydrogens is 171 g/mol. The van der Waals surface area contributed by atoms with Gasteiger partial charge in [0.2, 0.25) is 0 Å². The van der Waals surface area contributed by atoms with Crippen LogP contribution in [0, 0.1) is 5.82 Å². The lowest BCUT2D eigenvalue weighted by molar-refractivity contribution is 0.463. The number of hydrogen-bond acceptors (Lipinski definition) is 3. The van der Waals surface area contributed by atoms with Gasteiger partial charge in [0.15, 0.2) is 0 Å². The van der Waals surface area contributed by atoms with Crippen LogP contribution in [-0.2, 0) is 0 Å². The number of rotatable bonds is 2. The maximum absolute atomic E-state index is 12.8. The largest absolute Gasteiger partial charge is 0.505 e. The Morgan fingerprint density at radius 2 is 2.15 bits per heavy atom. The summed E-state index contributed by atoms with van der Waals surface area (Å²) >= 11 is 0. The first-order valence-electron chi connectivity index (χ1n) is 3.73. The summed E-state index contributed by atoms with van der Waals surface area (Å²) in [5.74, 6) is -0.968. The minimum Gasteiger partial charge on any atom is -0.505 e. The summed E-state index contributed by atoms with van der Waals surface area (Å²) in [6, 6.07) is 2.00. The molecule has 0 aliphatic carbocycles. The standard InChI is InChI=1S/C9H11FN2O/c1-2-7(11)5-3-4-6(10)8(12)9(5)13/h2-4,7,13H,1,11-12H2/t7-/m0/s1. The summed E-state index contributed by atoms with van der Waals surface area (Å²) in [5, 5.41) is 9.39. The lowest BCUT2D eigenvalue weighted by Gasteiger charge is -2.10. The van der Waals surface area contributed by atoms with E-state index in [0.717, 1.165) is 6.07 Å². The summed E-state index contributed by atoms with van der Waals surface area (Å²) in [6.45, 7) is 3.46. The normalized spacial score (nSPS) is 12.5. The van der Waals surface area contributed by atoms with Crippen LogP contribution in [0.25, 0.3) is 0 Å². The molecule has 0 saturated heterocycles. The average molecular weight is 182 g/mol. The van der Waals surface area contributed by atoms with Crippen LogP contribution in [0.5, 0.6) is 5.75 Å². The summed E-state index contributed by atoms with van der Waals surface area (Å²) < 4.78 is 12.8. The molecule has 0 saturated carbocycles. The summed E-state index contributed by atoms with van der Waals surface area (Å²) in [5.41, 5.74) is 10.9. The summed E-state index contributed by atoms with van der Waals surface area (Å²) in [4.78, 5) is 0. The van der Waals surface area contributed by atoms with Crippen molar-refractivity contribution in [3.63, 3.8) is 0 Å². The van der Waals surface area contributed by atoms with Gasteiger partial charge < -0.3 is 16.6 Å². The second kappa shape index (κ2) is 3.45. The minimum atomic E-state index is -0.655. The van der Waals surface area contributed by atoms with Crippen molar-refractivity contribution in [3.05, 3.63) is 36.2 Å². The lowest BCUT2D eigenvalue weighted by Crippen LogP contribution is -2.08. The highest BCUT2D eigenvalue weighted by Crippen LogP contribution is 2.31. The van der Waals surface area contributed by atoms with E-state index in [-0.39, 0.29) is 11.4 Å². The molecule has 0 spiro atoms. The number of halogens is 1. The van der Waals surface area contributed by atoms with Gasteiger partial charge in [0, 0.05) is 5.56 Å². The third kappa shape index (κ3) is 1.62. The van der Waals surface area contributed by atoms with Gasteiger partial charge in [-0.25, -0.2) is 4.39 Å². The molecule has 4 heteroatoms. The Morgan fingerprint density at radius 1 is 1.54 bits per heavy atom. The topological polar surface area (TPSA) is 72.3 Å². The molecule has 1 aromatic rings. The fraction of sp³-hybridized carbons (Fsp3) is 0.111. The van der Waals surface area contributed by atoms with Crippen LogP contribution in [-0.4, -0.2) is 5.11 Å². The van der Waals surface area contributed by atoms with Crippen LogP contribution >= 0.6 is 0 Å². The maximum Gasteiger partial charge on any atom is 0.149 e. The van der Waals surface area contributed by atoms with E-state index in [4.69, 9.17) is 11.5 Å². The van der Waals surface area contributed by atoms with Crippen molar-refractivity contribution in [2.75, 3.05) is 5.73 Å². The SMILES string of the molecule is C=C[C@H](N)c1ccc(F)c(N)c1O. The Bertz CT molecular complexity index is 339. The van der Waals surface area contributed by atoms with Gasteiger partial charge in [0.05, 0.1) is 6.04 Å². The first-order chi connectivity index (χ1) is 6.07. The second-order valence-corrected chi connectivity index (χ2v) is 2.66. The van der Waals surface area contributed by atoms with E-state index < -0.39 is 11.9 Å². The van der Waals surface area contributed by atoms with Gasteiger partial charge in [-0.3, -0.25) is 0 Å². The fourth-order valence-corrected chi connectivity index (χ4v) is 0.996. The van der Waals surface area contributed by atoms with E-state index in [1.807, 2.05) is 0 Å². The third-order valence-electron chi connectivity index (χ3n) is 1.81. The summed E-state index contributed by atoms with van der Waals surface area (Å²) in [7, 11) is 0. The zero-order valence-electron chi connectivity index (χ0n) is 7.00. The minimum absolute atomic E-state index is 0.283. The zero-order valence-corrected chi connectivity index (χ0v) is 7.00. The van der Waals surface area contributed by atoms with E-state index in [1.165, 1.54) is 12.1 Å². The molecule has 0 radical (unpaired) electrons. The first kappa shape index (κ1) is 9.54. The molecule has 0 bridgehead atoms. The molecule has 5 N–H and O–H groups in total. The molecule has 70 valence electrons. The third-order valence-corrected chi connectivity index (χ3v) is 1.81. The first-order valence-corrected chi connectivity index (χ1v) is 3.73. The number of hydrogen-bond donors (Lipinski definition) is 3. The number of phenols is 1. The fourth-order valence-electron chi connectivity index (χ4n) is 0.996. The van der Waals surface area contributed by atoms with Gasteiger partial charge in [-0.1, -0.05) is 12.1 Å². The molecule has 1 rings (SSSR count). The number of benzene rings is 1. The quantitative estimate of drug-likeness (QED) is 0.366. The molecular formula is C9H11FN2O. The van der Waals surface area contributed by atoms with Crippen LogP contribution in [0.3, 0.4) is 0 Å². The van der Waals surface area contributed by atoms with Crippen molar-refractivity contribution in [2.24, 2.45) is 5.73 Å². The van der Waals surface area contributed by atoms with Crippen LogP contribution in [0.1, 0.15) is 11.6 Å². The van der Waals surface area contributed by atoms with Crippen molar-refractivity contribution >= 4 is 5.69 Å². The van der Waals surface area contributed by atoms with Gasteiger partial charge in [0.1, 0.15) is 17.3 Å². The number of anilines is 1. The van der Waals surface area contributed by atoms with Crippen molar-refractivity contribution in [3.8, 4) is 5.75 Å². The predicted octanol–water partition coefficient (Wildman–Crippen LogP) is 1.30. The van der Waals surface area contributed by atoms with E-state index in [2.05, 4.69) is 6.58 Å². The van der Waals surface area contributed by atoms with Gasteiger partial charge in [-0.05, 0) is 6.07 Å². The number of phenolic OH excluding ortho intramolecular Hbond substituents is 1. The van der Waals surface area contributed by atoms with Gasteiger partial charge in [-0.15, -0.1) is 6.58 Å². The molecule has 0 aliphatic rings. The van der Waals surface area contributed by atoms with Gasteiger partial charge in [0.25, 0.3) is 0 Å². The Morgan fingerprint density at radius 3 is 2.69 bits per heavy atom. The molecule has 0 amide bonds. The molecule has 0 fully saturated rings. The molecule has 1 aromatic carbocycles. The van der Waals surface area contributed by atoms with Gasteiger partial charge >= 0.3 is 0 Å². The molecule has 0 aliphatic heterocycles. The Hall–Kier alpha value is -1.55. The second-order valence-electron chi connectivity index (χ2n) is 2.66. The van der Waals surface area contributed by atoms with Crippen molar-refractivity contribution in [1.82, 2.24) is 0 Å². The van der Waals surface area contributed by atoms with Crippen LogP contribution in [0.15, 0.2) is 24.8 Å². The zero-order chi connectivity index (χ0) is 10.0. The smallest absolute Gasteiger partial charge is 0.149 e. The Labute approximate surface area is 75.5 Å². The highest BCUT2D eigenvalue weighted by molar-refractivity contribution is 5.58. The van der Waals surface area contributed by atoms with Crippen LogP contribution < -0.4 is 11.5 Å². The molecule has 0 aromatic heterocycles. The number of aromatic hydroxyl groups is 1. The maximum atomic E-state index is 12.8. The summed E-state index contributed by atoms with van der Waals surface area (Å²) in [6.07, 6.45) is 1.44. The van der Waals surface area contributed by atoms with Crippen molar-refractivity contribution < 1.29 is 9.50 Å². The molecule has 13 heavy (non-hydrogen) atoms. The van der Waals surface area contributed by atoms with Crippen LogP contribution in [0.2, 0.25) is 0 Å². The van der Waals surface area contributed by atoms with E-state index in [0.29, 0.717) is 5.56 Å². The molecule has 0 heterocycles. The predicted molar refractivity (Wildman–Crippen MR) is 49.6 cm³/mol. The molecule has 3 nitrogen and oxygen atoms in total. The Kier molecular flexibility index (Phi) is 2.53. The highest BCUT2D eigenvalue weighted by Gasteiger charge is 2.12. The van der Waals surface area contributed by atoms with Crippen LogP contribution in [0.4, 0.5) is 10.1 Å². The van der Waals surface area contributed by atoms with E-state index >= 15 is 0 Å². The highest BCUT2D eigenvalue weighted by atomic mass is 19.1. The number of nitrogens with two attached hydrogens (primary N) is 2. The molecule has 1 atom stereocenters. The average Bonchev–Trinajstić information content (AvgIpc) is 2.13. The van der Waals surface area contributed by atoms with E-state index in [9.17, 15) is 9.50 Å². The van der Waals surface area contributed by atoms with E-state index in [1.54, 1.807) is 0 Å². The monoisotopic (exact) mass is 182 g/mol. The van der Waals surface area contributed by atoms with Crippen molar-refractivity contribution in [2.45, 2.75) is 6.04 Å². The Balaban J connectivity index is 3.25. The molecule has 0 unspecified atom stereocenters. The lowest BCUT2D eigenvalue weighted by atomic mass is 10.1. The van der Waals surface area contributed by atoms with Gasteiger partial charge in [-0.2, -0.15) is 0 Å².